The van der Waals surface area contributed by atoms with Crippen LogP contribution in [0.25, 0.3) is 6.08 Å². The number of carbonyl (C=O) groups is 1. The first-order valence-corrected chi connectivity index (χ1v) is 6.75. The van der Waals surface area contributed by atoms with E-state index in [1.807, 2.05) is 13.0 Å². The van der Waals surface area contributed by atoms with Crippen LogP contribution in [0.4, 0.5) is 5.82 Å². The lowest BCUT2D eigenvalue weighted by atomic mass is 10.1. The van der Waals surface area contributed by atoms with E-state index < -0.39 is 5.97 Å². The molecule has 1 saturated heterocycles. The van der Waals surface area contributed by atoms with Gasteiger partial charge in [-0.25, -0.2) is 9.78 Å². The molecular weight excluding hydrogens is 256 g/mol. The van der Waals surface area contributed by atoms with Crippen LogP contribution in [0.1, 0.15) is 24.0 Å². The Morgan fingerprint density at radius 2 is 2.20 bits per heavy atom. The van der Waals surface area contributed by atoms with Crippen molar-refractivity contribution in [1.82, 2.24) is 4.98 Å². The third-order valence-electron chi connectivity index (χ3n) is 3.56. The zero-order valence-electron chi connectivity index (χ0n) is 11.9. The SMILES string of the molecule is COC1CCN(c2ncc(/C=C/C(=O)O)cc2C)CC1. The van der Waals surface area contributed by atoms with Gasteiger partial charge in [-0.1, -0.05) is 0 Å². The molecule has 5 nitrogen and oxygen atoms in total. The van der Waals surface area contributed by atoms with Crippen LogP contribution >= 0.6 is 0 Å². The standard InChI is InChI=1S/C15H20N2O3/c1-11-9-12(3-4-14(18)19)10-16-15(11)17-7-5-13(20-2)6-8-17/h3-4,9-10,13H,5-8H2,1-2H3,(H,18,19)/b4-3+. The molecule has 0 aromatic carbocycles. The lowest BCUT2D eigenvalue weighted by Gasteiger charge is -2.32. The Morgan fingerprint density at radius 3 is 2.75 bits per heavy atom. The number of pyridine rings is 1. The number of carboxylic acid groups (broad SMARTS) is 1. The van der Waals surface area contributed by atoms with Gasteiger partial charge in [-0.15, -0.1) is 0 Å². The van der Waals surface area contributed by atoms with Crippen molar-refractivity contribution in [3.63, 3.8) is 0 Å². The molecule has 0 spiro atoms. The van der Waals surface area contributed by atoms with Gasteiger partial charge in [-0.2, -0.15) is 0 Å². The minimum Gasteiger partial charge on any atom is -0.478 e. The first-order valence-electron chi connectivity index (χ1n) is 6.75. The zero-order valence-corrected chi connectivity index (χ0v) is 11.9. The topological polar surface area (TPSA) is 62.7 Å². The average Bonchev–Trinajstić information content (AvgIpc) is 2.45. The van der Waals surface area contributed by atoms with Crippen LogP contribution in [0.15, 0.2) is 18.3 Å². The molecule has 0 unspecified atom stereocenters. The maximum Gasteiger partial charge on any atom is 0.328 e. The molecule has 1 aliphatic heterocycles. The fraction of sp³-hybridized carbons (Fsp3) is 0.467. The van der Waals surface area contributed by atoms with Crippen molar-refractivity contribution in [2.75, 3.05) is 25.1 Å². The lowest BCUT2D eigenvalue weighted by Crippen LogP contribution is -2.37. The van der Waals surface area contributed by atoms with Crippen LogP contribution < -0.4 is 4.90 Å². The predicted molar refractivity (Wildman–Crippen MR) is 77.9 cm³/mol. The van der Waals surface area contributed by atoms with E-state index in [0.29, 0.717) is 6.10 Å². The van der Waals surface area contributed by atoms with Crippen molar-refractivity contribution in [2.24, 2.45) is 0 Å². The fourth-order valence-electron chi connectivity index (χ4n) is 2.48. The number of piperidine rings is 1. The summed E-state index contributed by atoms with van der Waals surface area (Å²) >= 11 is 0. The largest absolute Gasteiger partial charge is 0.478 e. The van der Waals surface area contributed by atoms with Gasteiger partial charge in [0.1, 0.15) is 5.82 Å². The van der Waals surface area contributed by atoms with Crippen molar-refractivity contribution in [3.05, 3.63) is 29.5 Å². The third-order valence-corrected chi connectivity index (χ3v) is 3.56. The first-order chi connectivity index (χ1) is 9.60. The van der Waals surface area contributed by atoms with Gasteiger partial charge in [0, 0.05) is 32.5 Å². The maximum atomic E-state index is 10.5. The minimum absolute atomic E-state index is 0.351. The summed E-state index contributed by atoms with van der Waals surface area (Å²) in [5.74, 6) is 0.0281. The number of aromatic nitrogens is 1. The minimum atomic E-state index is -0.951. The Kier molecular flexibility index (Phi) is 4.74. The Hall–Kier alpha value is -1.88. The second-order valence-electron chi connectivity index (χ2n) is 5.00. The van der Waals surface area contributed by atoms with Crippen LogP contribution in [0.2, 0.25) is 0 Å². The van der Waals surface area contributed by atoms with E-state index in [2.05, 4.69) is 9.88 Å². The van der Waals surface area contributed by atoms with Gasteiger partial charge in [0.05, 0.1) is 6.10 Å². The van der Waals surface area contributed by atoms with E-state index >= 15 is 0 Å². The number of anilines is 1. The van der Waals surface area contributed by atoms with Gasteiger partial charge in [0.2, 0.25) is 0 Å². The second-order valence-corrected chi connectivity index (χ2v) is 5.00. The molecule has 0 aliphatic carbocycles. The summed E-state index contributed by atoms with van der Waals surface area (Å²) in [6.07, 6.45) is 6.77. The Morgan fingerprint density at radius 1 is 1.50 bits per heavy atom. The molecule has 1 aliphatic rings. The molecule has 0 saturated carbocycles. The van der Waals surface area contributed by atoms with Crippen LogP contribution in [0.3, 0.4) is 0 Å². The molecule has 5 heteroatoms. The summed E-state index contributed by atoms with van der Waals surface area (Å²) in [4.78, 5) is 17.2. The number of hydrogen-bond donors (Lipinski definition) is 1. The van der Waals surface area contributed by atoms with Gasteiger partial charge in [-0.3, -0.25) is 0 Å². The van der Waals surface area contributed by atoms with E-state index in [-0.39, 0.29) is 0 Å². The quantitative estimate of drug-likeness (QED) is 0.853. The molecule has 0 radical (unpaired) electrons. The van der Waals surface area contributed by atoms with E-state index in [0.717, 1.165) is 49.0 Å². The normalized spacial score (nSPS) is 16.8. The zero-order chi connectivity index (χ0) is 14.5. The molecule has 108 valence electrons. The number of aliphatic carboxylic acids is 1. The summed E-state index contributed by atoms with van der Waals surface area (Å²) in [6, 6.07) is 1.96. The Labute approximate surface area is 118 Å². The summed E-state index contributed by atoms with van der Waals surface area (Å²) in [7, 11) is 1.76. The Bertz CT molecular complexity index is 506. The van der Waals surface area contributed by atoms with Gasteiger partial charge < -0.3 is 14.7 Å². The van der Waals surface area contributed by atoms with Gasteiger partial charge >= 0.3 is 5.97 Å². The highest BCUT2D eigenvalue weighted by molar-refractivity contribution is 5.85. The second kappa shape index (κ2) is 6.52. The first kappa shape index (κ1) is 14.5. The van der Waals surface area contributed by atoms with Crippen LogP contribution in [0.5, 0.6) is 0 Å². The highest BCUT2D eigenvalue weighted by atomic mass is 16.5. The number of aryl methyl sites for hydroxylation is 1. The van der Waals surface area contributed by atoms with Crippen LogP contribution in [0, 0.1) is 6.92 Å². The molecular formula is C15H20N2O3. The van der Waals surface area contributed by atoms with E-state index in [9.17, 15) is 4.79 Å². The molecule has 0 bridgehead atoms. The molecule has 2 rings (SSSR count). The number of methoxy groups -OCH3 is 1. The fourth-order valence-corrected chi connectivity index (χ4v) is 2.48. The Balaban J connectivity index is 2.08. The van der Waals surface area contributed by atoms with Crippen molar-refractivity contribution in [3.8, 4) is 0 Å². The molecule has 2 heterocycles. The molecule has 1 aromatic heterocycles. The molecule has 1 fully saturated rings. The third kappa shape index (κ3) is 3.57. The number of rotatable bonds is 4. The molecule has 0 amide bonds. The van der Waals surface area contributed by atoms with Crippen LogP contribution in [-0.2, 0) is 9.53 Å². The van der Waals surface area contributed by atoms with Gasteiger partial charge in [0.25, 0.3) is 0 Å². The van der Waals surface area contributed by atoms with Crippen LogP contribution in [-0.4, -0.2) is 42.4 Å². The van der Waals surface area contributed by atoms with E-state index in [1.54, 1.807) is 19.4 Å². The smallest absolute Gasteiger partial charge is 0.328 e. The van der Waals surface area contributed by atoms with Crippen molar-refractivity contribution in [1.29, 1.82) is 0 Å². The molecule has 1 aromatic rings. The maximum absolute atomic E-state index is 10.5. The van der Waals surface area contributed by atoms with Gasteiger partial charge in [0.15, 0.2) is 0 Å². The monoisotopic (exact) mass is 276 g/mol. The average molecular weight is 276 g/mol. The molecule has 20 heavy (non-hydrogen) atoms. The van der Waals surface area contributed by atoms with Crippen molar-refractivity contribution < 1.29 is 14.6 Å². The highest BCUT2D eigenvalue weighted by Crippen LogP contribution is 2.23. The number of nitrogens with zero attached hydrogens (tertiary/aromatic N) is 2. The highest BCUT2D eigenvalue weighted by Gasteiger charge is 2.20. The summed E-state index contributed by atoms with van der Waals surface area (Å²) in [5.41, 5.74) is 1.87. The van der Waals surface area contributed by atoms with Gasteiger partial charge in [-0.05, 0) is 43.0 Å². The van der Waals surface area contributed by atoms with E-state index in [4.69, 9.17) is 9.84 Å². The van der Waals surface area contributed by atoms with E-state index in [1.165, 1.54) is 0 Å². The molecule has 0 atom stereocenters. The van der Waals surface area contributed by atoms with Crippen molar-refractivity contribution >= 4 is 17.9 Å². The predicted octanol–water partition coefficient (Wildman–Crippen LogP) is 2.10. The lowest BCUT2D eigenvalue weighted by molar-refractivity contribution is -0.131. The van der Waals surface area contributed by atoms with Crippen molar-refractivity contribution in [2.45, 2.75) is 25.9 Å². The molecule has 1 N–H and O–H groups in total. The number of hydrogen-bond acceptors (Lipinski definition) is 4. The summed E-state index contributed by atoms with van der Waals surface area (Å²) in [6.45, 7) is 3.89. The summed E-state index contributed by atoms with van der Waals surface area (Å²) in [5, 5.41) is 8.62. The number of carboxylic acids is 1. The summed E-state index contributed by atoms with van der Waals surface area (Å²) < 4.78 is 5.37. The number of ether oxygens (including phenoxy) is 1.